The molecule has 0 saturated carbocycles. The van der Waals surface area contributed by atoms with Gasteiger partial charge in [0.2, 0.25) is 0 Å². The highest BCUT2D eigenvalue weighted by Gasteiger charge is 2.38. The Balaban J connectivity index is 1.72. The van der Waals surface area contributed by atoms with E-state index in [2.05, 4.69) is 20.3 Å². The van der Waals surface area contributed by atoms with Gasteiger partial charge in [-0.25, -0.2) is 9.97 Å². The van der Waals surface area contributed by atoms with E-state index in [1.807, 2.05) is 37.3 Å². The molecule has 1 aliphatic rings. The van der Waals surface area contributed by atoms with Crippen LogP contribution in [0.3, 0.4) is 0 Å². The Bertz CT molecular complexity index is 1210. The van der Waals surface area contributed by atoms with Crippen LogP contribution in [-0.4, -0.2) is 46.0 Å². The number of aliphatic imine (C=N–C) groups is 1. The van der Waals surface area contributed by atoms with Gasteiger partial charge in [0.25, 0.3) is 5.69 Å². The molecule has 9 nitrogen and oxygen atoms in total. The maximum absolute atomic E-state index is 11.9. The van der Waals surface area contributed by atoms with Crippen LogP contribution >= 0.6 is 0 Å². The van der Waals surface area contributed by atoms with Crippen LogP contribution in [0.1, 0.15) is 18.1 Å². The van der Waals surface area contributed by atoms with Gasteiger partial charge in [-0.2, -0.15) is 0 Å². The topological polar surface area (TPSA) is 123 Å². The Labute approximate surface area is 184 Å². The molecule has 0 fully saturated rings. The molecule has 0 amide bonds. The van der Waals surface area contributed by atoms with Crippen LogP contribution < -0.4 is 10.1 Å². The molecular weight excluding hydrogens is 410 g/mol. The zero-order valence-electron chi connectivity index (χ0n) is 17.6. The Morgan fingerprint density at radius 1 is 1.28 bits per heavy atom. The van der Waals surface area contributed by atoms with Gasteiger partial charge in [-0.1, -0.05) is 19.1 Å². The molecular formula is C23H23N5O4. The highest BCUT2D eigenvalue weighted by molar-refractivity contribution is 5.86. The quantitative estimate of drug-likeness (QED) is 0.393. The highest BCUT2D eigenvalue weighted by Crippen LogP contribution is 2.38. The SMILES string of the molecule is CCNC1(c2cc3ncncc3cc2[N+](=O)[O-])C=C(Cc2cccc(OCCO)c2)C=N1. The van der Waals surface area contributed by atoms with Gasteiger partial charge in [0.05, 0.1) is 22.6 Å². The van der Waals surface area contributed by atoms with E-state index in [9.17, 15) is 10.1 Å². The smallest absolute Gasteiger partial charge is 0.277 e. The molecule has 1 aliphatic heterocycles. The van der Waals surface area contributed by atoms with Crippen molar-refractivity contribution in [2.24, 2.45) is 4.99 Å². The van der Waals surface area contributed by atoms with Crippen molar-refractivity contribution in [1.29, 1.82) is 0 Å². The summed E-state index contributed by atoms with van der Waals surface area (Å²) in [7, 11) is 0. The van der Waals surface area contributed by atoms with Crippen LogP contribution in [0.15, 0.2) is 65.6 Å². The van der Waals surface area contributed by atoms with Crippen LogP contribution in [-0.2, 0) is 12.1 Å². The lowest BCUT2D eigenvalue weighted by Gasteiger charge is -2.25. The van der Waals surface area contributed by atoms with Gasteiger partial charge in [-0.3, -0.25) is 20.4 Å². The van der Waals surface area contributed by atoms with Crippen molar-refractivity contribution in [1.82, 2.24) is 15.3 Å². The number of aliphatic hydroxyl groups is 1. The highest BCUT2D eigenvalue weighted by atomic mass is 16.6. The number of nitro groups is 1. The summed E-state index contributed by atoms with van der Waals surface area (Å²) in [5.74, 6) is 0.676. The lowest BCUT2D eigenvalue weighted by molar-refractivity contribution is -0.385. The first kappa shape index (κ1) is 21.5. The maximum Gasteiger partial charge on any atom is 0.277 e. The van der Waals surface area contributed by atoms with E-state index in [-0.39, 0.29) is 18.9 Å². The Morgan fingerprint density at radius 2 is 2.16 bits per heavy atom. The van der Waals surface area contributed by atoms with Gasteiger partial charge >= 0.3 is 0 Å². The number of rotatable bonds is 9. The summed E-state index contributed by atoms with van der Waals surface area (Å²) in [4.78, 5) is 24.4. The number of aliphatic hydroxyl groups excluding tert-OH is 1. The van der Waals surface area contributed by atoms with Crippen molar-refractivity contribution in [2.75, 3.05) is 19.8 Å². The molecule has 2 heterocycles. The molecule has 2 N–H and O–H groups in total. The minimum absolute atomic E-state index is 0.0395. The normalized spacial score (nSPS) is 17.5. The van der Waals surface area contributed by atoms with Crippen LogP contribution in [0.25, 0.3) is 10.9 Å². The predicted molar refractivity (Wildman–Crippen MR) is 121 cm³/mol. The van der Waals surface area contributed by atoms with E-state index in [4.69, 9.17) is 9.84 Å². The lowest BCUT2D eigenvalue weighted by atomic mass is 9.94. The van der Waals surface area contributed by atoms with Crippen molar-refractivity contribution >= 4 is 22.8 Å². The summed E-state index contributed by atoms with van der Waals surface area (Å²) in [5, 5.41) is 24.8. The fourth-order valence-electron chi connectivity index (χ4n) is 3.85. The number of ether oxygens (including phenoxy) is 1. The number of nitro benzene ring substituents is 1. The fraction of sp³-hybridized carbons (Fsp3) is 0.261. The van der Waals surface area contributed by atoms with Gasteiger partial charge < -0.3 is 9.84 Å². The third-order valence-corrected chi connectivity index (χ3v) is 5.17. The minimum Gasteiger partial charge on any atom is -0.491 e. The molecule has 1 atom stereocenters. The molecule has 3 aromatic rings. The number of fused-ring (bicyclic) bond motifs is 1. The summed E-state index contributed by atoms with van der Waals surface area (Å²) >= 11 is 0. The van der Waals surface area contributed by atoms with Crippen LogP contribution in [0.2, 0.25) is 0 Å². The zero-order valence-corrected chi connectivity index (χ0v) is 17.6. The van der Waals surface area contributed by atoms with Crippen LogP contribution in [0.4, 0.5) is 5.69 Å². The second kappa shape index (κ2) is 9.21. The van der Waals surface area contributed by atoms with Crippen LogP contribution in [0, 0.1) is 10.1 Å². The van der Waals surface area contributed by atoms with Crippen molar-refractivity contribution in [2.45, 2.75) is 19.0 Å². The summed E-state index contributed by atoms with van der Waals surface area (Å²) in [6.07, 6.45) is 7.23. The summed E-state index contributed by atoms with van der Waals surface area (Å²) in [6.45, 7) is 2.67. The Kier molecular flexibility index (Phi) is 6.20. The molecule has 0 aliphatic carbocycles. The molecule has 2 aromatic carbocycles. The van der Waals surface area contributed by atoms with Gasteiger partial charge in [-0.05, 0) is 48.4 Å². The third kappa shape index (κ3) is 4.34. The molecule has 9 heteroatoms. The van der Waals surface area contributed by atoms with Crippen molar-refractivity contribution in [3.63, 3.8) is 0 Å². The van der Waals surface area contributed by atoms with Crippen LogP contribution in [0.5, 0.6) is 5.75 Å². The van der Waals surface area contributed by atoms with E-state index in [0.717, 1.165) is 11.1 Å². The second-order valence-electron chi connectivity index (χ2n) is 7.38. The van der Waals surface area contributed by atoms with E-state index in [1.165, 1.54) is 12.4 Å². The summed E-state index contributed by atoms with van der Waals surface area (Å²) in [5.41, 5.74) is 1.87. The first-order valence-corrected chi connectivity index (χ1v) is 10.3. The average molecular weight is 433 g/mol. The molecule has 0 spiro atoms. The number of allylic oxidation sites excluding steroid dienone is 1. The standard InChI is InChI=1S/C23H23N5O4/c1-2-26-23(20-11-21-18(14-24-15-25-21)10-22(20)28(30)31)12-17(13-27-23)8-16-4-3-5-19(9-16)32-7-6-29/h3-5,9-15,26,29H,2,6-8H2,1H3. The van der Waals surface area contributed by atoms with Crippen molar-refractivity contribution in [3.05, 3.63) is 81.8 Å². The molecule has 1 unspecified atom stereocenters. The van der Waals surface area contributed by atoms with E-state index in [1.54, 1.807) is 18.5 Å². The predicted octanol–water partition coefficient (Wildman–Crippen LogP) is 2.92. The summed E-state index contributed by atoms with van der Waals surface area (Å²) in [6, 6.07) is 10.8. The van der Waals surface area contributed by atoms with E-state index < -0.39 is 10.6 Å². The average Bonchev–Trinajstić information content (AvgIpc) is 3.20. The zero-order chi connectivity index (χ0) is 22.6. The minimum atomic E-state index is -1.06. The van der Waals surface area contributed by atoms with Gasteiger partial charge in [-0.15, -0.1) is 0 Å². The van der Waals surface area contributed by atoms with Gasteiger partial charge in [0.15, 0.2) is 5.66 Å². The molecule has 1 aromatic heterocycles. The first-order chi connectivity index (χ1) is 15.5. The van der Waals surface area contributed by atoms with Gasteiger partial charge in [0, 0.05) is 23.9 Å². The third-order valence-electron chi connectivity index (χ3n) is 5.17. The molecule has 0 saturated heterocycles. The first-order valence-electron chi connectivity index (χ1n) is 10.3. The van der Waals surface area contributed by atoms with Crippen molar-refractivity contribution < 1.29 is 14.8 Å². The summed E-state index contributed by atoms with van der Waals surface area (Å²) < 4.78 is 5.49. The molecule has 0 bridgehead atoms. The Morgan fingerprint density at radius 3 is 2.94 bits per heavy atom. The Hall–Kier alpha value is -3.69. The van der Waals surface area contributed by atoms with Crippen molar-refractivity contribution in [3.8, 4) is 5.75 Å². The monoisotopic (exact) mass is 433 g/mol. The molecule has 32 heavy (non-hydrogen) atoms. The second-order valence-corrected chi connectivity index (χ2v) is 7.38. The number of aromatic nitrogens is 2. The number of benzene rings is 2. The maximum atomic E-state index is 11.9. The van der Waals surface area contributed by atoms with E-state index >= 15 is 0 Å². The molecule has 4 rings (SSSR count). The molecule has 0 radical (unpaired) electrons. The largest absolute Gasteiger partial charge is 0.491 e. The number of hydrogen-bond donors (Lipinski definition) is 2. The number of hydrogen-bond acceptors (Lipinski definition) is 8. The van der Waals surface area contributed by atoms with E-state index in [0.29, 0.717) is 35.2 Å². The molecule has 164 valence electrons. The number of likely N-dealkylation sites (N-methyl/N-ethyl adjacent to an activating group) is 1. The number of nitrogens with zero attached hydrogens (tertiary/aromatic N) is 4. The van der Waals surface area contributed by atoms with Gasteiger partial charge in [0.1, 0.15) is 18.7 Å². The lowest BCUT2D eigenvalue weighted by Crippen LogP contribution is -2.38. The number of nitrogens with one attached hydrogen (secondary N) is 1. The fourth-order valence-corrected chi connectivity index (χ4v) is 3.85.